The van der Waals surface area contributed by atoms with Crippen molar-refractivity contribution in [3.05, 3.63) is 59.2 Å². The minimum atomic E-state index is -0.662. The number of carbonyl (C=O) groups is 2. The van der Waals surface area contributed by atoms with Crippen LogP contribution in [0.5, 0.6) is 0 Å². The minimum Gasteiger partial charge on any atom is -0.467 e. The maximum atomic E-state index is 13.4. The van der Waals surface area contributed by atoms with Gasteiger partial charge in [0.25, 0.3) is 5.91 Å². The van der Waals surface area contributed by atoms with Crippen molar-refractivity contribution in [2.24, 2.45) is 5.92 Å². The molecule has 2 aromatic carbocycles. The molecule has 0 bridgehead atoms. The Labute approximate surface area is 228 Å². The van der Waals surface area contributed by atoms with Crippen LogP contribution in [0.3, 0.4) is 0 Å². The van der Waals surface area contributed by atoms with E-state index in [-0.39, 0.29) is 13.3 Å². The molecule has 0 saturated heterocycles. The van der Waals surface area contributed by atoms with Gasteiger partial charge in [-0.25, -0.2) is 4.79 Å². The molecule has 6 heteroatoms. The summed E-state index contributed by atoms with van der Waals surface area (Å²) in [7, 11) is 3.54. The lowest BCUT2D eigenvalue weighted by Gasteiger charge is -2.25. The van der Waals surface area contributed by atoms with Crippen molar-refractivity contribution < 1.29 is 14.3 Å². The SMILES string of the molecule is C.COC(=O)[C@H](CCSC)NC(=O)c1ccc(CN(C)CCC2CCCCC2)cc1-c1ccccc1C. The first-order chi connectivity index (χ1) is 17.4. The van der Waals surface area contributed by atoms with Crippen molar-refractivity contribution >= 4 is 23.6 Å². The number of methoxy groups -OCH3 is 1. The summed E-state index contributed by atoms with van der Waals surface area (Å²) in [6, 6.07) is 13.6. The van der Waals surface area contributed by atoms with Crippen molar-refractivity contribution in [1.82, 2.24) is 10.2 Å². The normalized spacial score (nSPS) is 14.6. The van der Waals surface area contributed by atoms with E-state index >= 15 is 0 Å². The summed E-state index contributed by atoms with van der Waals surface area (Å²) in [5, 5.41) is 2.93. The van der Waals surface area contributed by atoms with Gasteiger partial charge in [0, 0.05) is 12.1 Å². The fourth-order valence-electron chi connectivity index (χ4n) is 5.12. The number of esters is 1. The van der Waals surface area contributed by atoms with Crippen LogP contribution in [-0.4, -0.2) is 55.5 Å². The summed E-state index contributed by atoms with van der Waals surface area (Å²) in [6.07, 6.45) is 10.7. The fraction of sp³-hybridized carbons (Fsp3) is 0.548. The highest BCUT2D eigenvalue weighted by Crippen LogP contribution is 2.29. The number of nitrogens with one attached hydrogen (secondary N) is 1. The zero-order valence-corrected chi connectivity index (χ0v) is 23.2. The summed E-state index contributed by atoms with van der Waals surface area (Å²) < 4.78 is 4.94. The summed E-state index contributed by atoms with van der Waals surface area (Å²) in [6.45, 7) is 3.99. The van der Waals surface area contributed by atoms with Crippen LogP contribution < -0.4 is 5.32 Å². The quantitative estimate of drug-likeness (QED) is 0.311. The lowest BCUT2D eigenvalue weighted by atomic mass is 9.87. The van der Waals surface area contributed by atoms with Gasteiger partial charge in [-0.1, -0.05) is 69.9 Å². The zero-order chi connectivity index (χ0) is 25.9. The van der Waals surface area contributed by atoms with Crippen LogP contribution in [0, 0.1) is 12.8 Å². The molecule has 0 aromatic heterocycles. The van der Waals surface area contributed by atoms with Crippen LogP contribution in [0.1, 0.15) is 73.9 Å². The van der Waals surface area contributed by atoms with Gasteiger partial charge in [0.05, 0.1) is 7.11 Å². The van der Waals surface area contributed by atoms with Crippen molar-refractivity contribution in [3.8, 4) is 11.1 Å². The number of amides is 1. The molecule has 0 heterocycles. The highest BCUT2D eigenvalue weighted by atomic mass is 32.2. The van der Waals surface area contributed by atoms with E-state index in [1.165, 1.54) is 51.2 Å². The Morgan fingerprint density at radius 2 is 1.84 bits per heavy atom. The van der Waals surface area contributed by atoms with Gasteiger partial charge in [0.2, 0.25) is 0 Å². The van der Waals surface area contributed by atoms with Crippen molar-refractivity contribution in [2.75, 3.05) is 32.7 Å². The van der Waals surface area contributed by atoms with E-state index in [2.05, 4.69) is 42.4 Å². The molecule has 0 aliphatic heterocycles. The van der Waals surface area contributed by atoms with E-state index in [0.29, 0.717) is 12.0 Å². The Bertz CT molecular complexity index is 1000. The molecule has 1 aliphatic rings. The van der Waals surface area contributed by atoms with Gasteiger partial charge in [0.1, 0.15) is 6.04 Å². The van der Waals surface area contributed by atoms with E-state index < -0.39 is 12.0 Å². The standard InChI is InChI=1S/C30H42N2O3S.CH4/c1-22-10-8-9-13-25(22)27-20-24(21-32(2)18-16-23-11-6-5-7-12-23)14-15-26(27)29(33)31-28(17-19-36-4)30(34)35-3;/h8-10,13-15,20,23,28H,5-7,11-12,16-19,21H2,1-4H3,(H,31,33);1H4/t28-;/m0./s1. The fourth-order valence-corrected chi connectivity index (χ4v) is 5.59. The molecule has 204 valence electrons. The maximum absolute atomic E-state index is 13.4. The molecule has 1 fully saturated rings. The molecule has 3 rings (SSSR count). The van der Waals surface area contributed by atoms with Crippen molar-refractivity contribution in [1.29, 1.82) is 0 Å². The van der Waals surface area contributed by atoms with Gasteiger partial charge in [0.15, 0.2) is 0 Å². The third-order valence-electron chi connectivity index (χ3n) is 7.26. The van der Waals surface area contributed by atoms with E-state index in [4.69, 9.17) is 4.74 Å². The average molecular weight is 527 g/mol. The Kier molecular flexibility index (Phi) is 13.2. The Hall–Kier alpha value is -2.31. The molecular formula is C31H46N2O3S. The molecule has 37 heavy (non-hydrogen) atoms. The first kappa shape index (κ1) is 30.9. The number of ether oxygens (including phenoxy) is 1. The second-order valence-electron chi connectivity index (χ2n) is 10.1. The minimum absolute atomic E-state index is 0. The highest BCUT2D eigenvalue weighted by Gasteiger charge is 2.24. The molecule has 0 unspecified atom stereocenters. The zero-order valence-electron chi connectivity index (χ0n) is 22.3. The number of carbonyl (C=O) groups excluding carboxylic acids is 2. The molecule has 0 spiro atoms. The summed E-state index contributed by atoms with van der Waals surface area (Å²) in [4.78, 5) is 28.1. The predicted molar refractivity (Wildman–Crippen MR) is 157 cm³/mol. The number of aryl methyl sites for hydroxylation is 1. The van der Waals surface area contributed by atoms with Gasteiger partial charge in [-0.2, -0.15) is 11.8 Å². The topological polar surface area (TPSA) is 58.6 Å². The van der Waals surface area contributed by atoms with Crippen LogP contribution in [0.25, 0.3) is 11.1 Å². The molecule has 1 N–H and O–H groups in total. The maximum Gasteiger partial charge on any atom is 0.328 e. The Morgan fingerprint density at radius 1 is 1.11 bits per heavy atom. The molecule has 1 amide bonds. The van der Waals surface area contributed by atoms with Crippen molar-refractivity contribution in [3.63, 3.8) is 0 Å². The monoisotopic (exact) mass is 526 g/mol. The smallest absolute Gasteiger partial charge is 0.328 e. The molecular weight excluding hydrogens is 480 g/mol. The third-order valence-corrected chi connectivity index (χ3v) is 7.91. The number of hydrogen-bond donors (Lipinski definition) is 1. The molecule has 1 aliphatic carbocycles. The second-order valence-corrected chi connectivity index (χ2v) is 11.0. The van der Waals surface area contributed by atoms with E-state index in [9.17, 15) is 9.59 Å². The molecule has 5 nitrogen and oxygen atoms in total. The summed E-state index contributed by atoms with van der Waals surface area (Å²) >= 11 is 1.64. The van der Waals surface area contributed by atoms with E-state index in [0.717, 1.165) is 41.5 Å². The largest absolute Gasteiger partial charge is 0.467 e. The summed E-state index contributed by atoms with van der Waals surface area (Å²) in [5.74, 6) is 0.966. The molecule has 1 saturated carbocycles. The van der Waals surface area contributed by atoms with Gasteiger partial charge in [-0.05, 0) is 85.7 Å². The number of nitrogens with zero attached hydrogens (tertiary/aromatic N) is 1. The van der Waals surface area contributed by atoms with Gasteiger partial charge in [-0.3, -0.25) is 4.79 Å². The third kappa shape index (κ3) is 9.19. The van der Waals surface area contributed by atoms with Crippen LogP contribution >= 0.6 is 11.8 Å². The number of thioether (sulfide) groups is 1. The Morgan fingerprint density at radius 3 is 2.51 bits per heavy atom. The molecule has 0 radical (unpaired) electrons. The predicted octanol–water partition coefficient (Wildman–Crippen LogP) is 6.72. The highest BCUT2D eigenvalue weighted by molar-refractivity contribution is 7.98. The molecule has 1 atom stereocenters. The van der Waals surface area contributed by atoms with Gasteiger partial charge in [-0.15, -0.1) is 0 Å². The van der Waals surface area contributed by atoms with Gasteiger partial charge >= 0.3 is 5.97 Å². The molecule has 2 aromatic rings. The number of rotatable bonds is 12. The van der Waals surface area contributed by atoms with Gasteiger partial charge < -0.3 is 15.0 Å². The van der Waals surface area contributed by atoms with Crippen LogP contribution in [0.4, 0.5) is 0 Å². The van der Waals surface area contributed by atoms with Crippen LogP contribution in [0.2, 0.25) is 0 Å². The van der Waals surface area contributed by atoms with E-state index in [1.54, 1.807) is 11.8 Å². The first-order valence-electron chi connectivity index (χ1n) is 13.2. The number of hydrogen-bond acceptors (Lipinski definition) is 5. The van der Waals surface area contributed by atoms with E-state index in [1.807, 2.05) is 30.5 Å². The van der Waals surface area contributed by atoms with Crippen LogP contribution in [-0.2, 0) is 16.1 Å². The number of benzene rings is 2. The van der Waals surface area contributed by atoms with Crippen molar-refractivity contribution in [2.45, 2.75) is 71.9 Å². The second kappa shape index (κ2) is 15.8. The average Bonchev–Trinajstić information content (AvgIpc) is 2.90. The lowest BCUT2D eigenvalue weighted by Crippen LogP contribution is -2.42. The Balaban J connectivity index is 0.00000481. The first-order valence-corrected chi connectivity index (χ1v) is 14.6. The van der Waals surface area contributed by atoms with Crippen LogP contribution in [0.15, 0.2) is 42.5 Å². The summed E-state index contributed by atoms with van der Waals surface area (Å²) in [5.41, 5.74) is 4.81. The lowest BCUT2D eigenvalue weighted by molar-refractivity contribution is -0.142.